The quantitative estimate of drug-likeness (QED) is 0.171. The third kappa shape index (κ3) is 9.65. The highest BCUT2D eigenvalue weighted by molar-refractivity contribution is 5.76. The third-order valence-corrected chi connectivity index (χ3v) is 7.81. The van der Waals surface area contributed by atoms with Crippen molar-refractivity contribution in [1.29, 1.82) is 0 Å². The Morgan fingerprint density at radius 3 is 2.23 bits per heavy atom. The number of H-pyrrole nitrogens is 2. The van der Waals surface area contributed by atoms with Crippen LogP contribution >= 0.6 is 0 Å². The van der Waals surface area contributed by atoms with Crippen LogP contribution in [0.15, 0.2) is 73.1 Å². The van der Waals surface area contributed by atoms with E-state index in [0.29, 0.717) is 45.0 Å². The number of carbonyl (C=O) groups is 2. The number of amides is 2. The number of hydrogen-bond acceptors (Lipinski definition) is 6. The standard InChI is InChI=1S/C37H46N6O4/c1-5-20-43(36(45)47-37(2,3)4)25-33-38-23-31(40-33)28-15-11-26(12-16-28)27-13-17-29(18-14-27)32-24-39-35(42-32)30-19-22-46-21-9-7-6-8-10-34(44)41-30/h7,9,11-18,23-24,30H,5-6,8,10,19-22,25H2,1-4H3,(H,38,40)(H,39,42)(H,41,44)/b9-7-. The van der Waals surface area contributed by atoms with Crippen LogP contribution in [0.3, 0.4) is 0 Å². The predicted octanol–water partition coefficient (Wildman–Crippen LogP) is 7.59. The topological polar surface area (TPSA) is 125 Å². The Balaban J connectivity index is 1.22. The molecule has 2 amide bonds. The Morgan fingerprint density at radius 2 is 1.57 bits per heavy atom. The first-order valence-electron chi connectivity index (χ1n) is 16.5. The Hall–Kier alpha value is -4.70. The molecule has 0 saturated carbocycles. The lowest BCUT2D eigenvalue weighted by Crippen LogP contribution is -2.37. The molecule has 3 N–H and O–H groups in total. The number of hydrogen-bond donors (Lipinski definition) is 3. The monoisotopic (exact) mass is 638 g/mol. The lowest BCUT2D eigenvalue weighted by atomic mass is 10.0. The average Bonchev–Trinajstić information content (AvgIpc) is 3.72. The van der Waals surface area contributed by atoms with Crippen molar-refractivity contribution < 1.29 is 19.1 Å². The minimum Gasteiger partial charge on any atom is -0.444 e. The van der Waals surface area contributed by atoms with E-state index in [1.54, 1.807) is 11.1 Å². The molecule has 2 aromatic heterocycles. The van der Waals surface area contributed by atoms with Gasteiger partial charge in [0.2, 0.25) is 5.91 Å². The minimum absolute atomic E-state index is 0.0297. The molecule has 2 aromatic carbocycles. The number of aromatic nitrogens is 4. The molecule has 10 heteroatoms. The fraction of sp³-hybridized carbons (Fsp3) is 0.405. The van der Waals surface area contributed by atoms with E-state index < -0.39 is 5.60 Å². The van der Waals surface area contributed by atoms with Crippen LogP contribution in [0.1, 0.15) is 77.5 Å². The zero-order valence-corrected chi connectivity index (χ0v) is 27.8. The maximum Gasteiger partial charge on any atom is 0.410 e. The summed E-state index contributed by atoms with van der Waals surface area (Å²) in [6.45, 7) is 9.70. The lowest BCUT2D eigenvalue weighted by Gasteiger charge is -2.26. The van der Waals surface area contributed by atoms with Crippen LogP contribution in [0.4, 0.5) is 4.79 Å². The highest BCUT2D eigenvalue weighted by Gasteiger charge is 2.23. The van der Waals surface area contributed by atoms with Crippen molar-refractivity contribution in [3.05, 3.63) is 84.7 Å². The molecule has 0 fully saturated rings. The summed E-state index contributed by atoms with van der Waals surface area (Å²) in [6.07, 6.45) is 11.0. The van der Waals surface area contributed by atoms with Gasteiger partial charge in [0.05, 0.1) is 43.0 Å². The van der Waals surface area contributed by atoms with E-state index in [9.17, 15) is 9.59 Å². The Kier molecular flexibility index (Phi) is 11.3. The molecule has 10 nitrogen and oxygen atoms in total. The first-order chi connectivity index (χ1) is 22.7. The first kappa shape index (κ1) is 33.7. The molecule has 1 aliphatic rings. The maximum atomic E-state index is 12.7. The molecule has 0 spiro atoms. The Morgan fingerprint density at radius 1 is 0.936 bits per heavy atom. The molecule has 4 aromatic rings. The fourth-order valence-electron chi connectivity index (χ4n) is 5.41. The van der Waals surface area contributed by atoms with Gasteiger partial charge >= 0.3 is 6.09 Å². The highest BCUT2D eigenvalue weighted by atomic mass is 16.6. The minimum atomic E-state index is -0.552. The van der Waals surface area contributed by atoms with E-state index in [4.69, 9.17) is 9.47 Å². The van der Waals surface area contributed by atoms with Crippen molar-refractivity contribution in [2.45, 2.75) is 78.0 Å². The van der Waals surface area contributed by atoms with Crippen LogP contribution in [-0.2, 0) is 20.8 Å². The smallest absolute Gasteiger partial charge is 0.410 e. The lowest BCUT2D eigenvalue weighted by molar-refractivity contribution is -0.122. The number of carbonyl (C=O) groups excluding carboxylic acids is 2. The van der Waals surface area contributed by atoms with Gasteiger partial charge in [-0.05, 0) is 68.7 Å². The molecule has 3 heterocycles. The van der Waals surface area contributed by atoms with Crippen LogP contribution in [-0.4, -0.2) is 62.2 Å². The average molecular weight is 639 g/mol. The zero-order valence-electron chi connectivity index (χ0n) is 27.8. The Bertz CT molecular complexity index is 1630. The van der Waals surface area contributed by atoms with Gasteiger partial charge in [-0.2, -0.15) is 0 Å². The molecule has 1 aliphatic heterocycles. The van der Waals surface area contributed by atoms with Gasteiger partial charge in [-0.1, -0.05) is 67.6 Å². The van der Waals surface area contributed by atoms with E-state index in [2.05, 4.69) is 79.9 Å². The predicted molar refractivity (Wildman–Crippen MR) is 183 cm³/mol. The van der Waals surface area contributed by atoms with Crippen molar-refractivity contribution in [3.8, 4) is 33.6 Å². The summed E-state index contributed by atoms with van der Waals surface area (Å²) in [6, 6.07) is 16.4. The molecule has 5 rings (SSSR count). The van der Waals surface area contributed by atoms with E-state index in [-0.39, 0.29) is 18.0 Å². The van der Waals surface area contributed by atoms with Crippen LogP contribution in [0.5, 0.6) is 0 Å². The molecule has 0 aliphatic carbocycles. The van der Waals surface area contributed by atoms with Crippen molar-refractivity contribution in [1.82, 2.24) is 30.2 Å². The second kappa shape index (κ2) is 15.7. The molecule has 0 saturated heterocycles. The summed E-state index contributed by atoms with van der Waals surface area (Å²) in [5.74, 6) is 1.47. The fourth-order valence-corrected chi connectivity index (χ4v) is 5.41. The van der Waals surface area contributed by atoms with Crippen molar-refractivity contribution in [3.63, 3.8) is 0 Å². The summed E-state index contributed by atoms with van der Waals surface area (Å²) in [5, 5.41) is 3.13. The van der Waals surface area contributed by atoms with Crippen molar-refractivity contribution in [2.75, 3.05) is 19.8 Å². The molecule has 47 heavy (non-hydrogen) atoms. The van der Waals surface area contributed by atoms with E-state index in [0.717, 1.165) is 58.7 Å². The molecule has 1 unspecified atom stereocenters. The van der Waals surface area contributed by atoms with Gasteiger partial charge in [0.1, 0.15) is 17.2 Å². The number of allylic oxidation sites excluding steroid dienone is 1. The van der Waals surface area contributed by atoms with Crippen LogP contribution in [0.25, 0.3) is 33.6 Å². The van der Waals surface area contributed by atoms with Crippen LogP contribution < -0.4 is 5.32 Å². The van der Waals surface area contributed by atoms with Gasteiger partial charge in [-0.25, -0.2) is 14.8 Å². The molecule has 0 bridgehead atoms. The molecular formula is C37H46N6O4. The van der Waals surface area contributed by atoms with Crippen LogP contribution in [0, 0.1) is 0 Å². The van der Waals surface area contributed by atoms with Gasteiger partial charge in [-0.15, -0.1) is 0 Å². The summed E-state index contributed by atoms with van der Waals surface area (Å²) in [5.41, 5.74) is 5.44. The van der Waals surface area contributed by atoms with Crippen LogP contribution in [0.2, 0.25) is 0 Å². The van der Waals surface area contributed by atoms with Crippen molar-refractivity contribution in [2.24, 2.45) is 0 Å². The Labute approximate surface area is 277 Å². The van der Waals surface area contributed by atoms with Gasteiger partial charge in [-0.3, -0.25) is 4.79 Å². The van der Waals surface area contributed by atoms with Gasteiger partial charge in [0, 0.05) is 19.6 Å². The second-order valence-electron chi connectivity index (χ2n) is 12.8. The molecule has 0 radical (unpaired) electrons. The largest absolute Gasteiger partial charge is 0.444 e. The summed E-state index contributed by atoms with van der Waals surface area (Å²) >= 11 is 0. The number of nitrogens with one attached hydrogen (secondary N) is 3. The number of rotatable bonds is 8. The number of benzene rings is 2. The summed E-state index contributed by atoms with van der Waals surface area (Å²) < 4.78 is 11.3. The van der Waals surface area contributed by atoms with Crippen molar-refractivity contribution >= 4 is 12.0 Å². The van der Waals surface area contributed by atoms with Gasteiger partial charge in [0.25, 0.3) is 0 Å². The van der Waals surface area contributed by atoms with E-state index >= 15 is 0 Å². The van der Waals surface area contributed by atoms with E-state index in [1.165, 1.54) is 0 Å². The highest BCUT2D eigenvalue weighted by Crippen LogP contribution is 2.28. The summed E-state index contributed by atoms with van der Waals surface area (Å²) in [7, 11) is 0. The molecule has 1 atom stereocenters. The zero-order chi connectivity index (χ0) is 33.2. The van der Waals surface area contributed by atoms with Gasteiger partial charge in [0.15, 0.2) is 0 Å². The summed E-state index contributed by atoms with van der Waals surface area (Å²) in [4.78, 5) is 42.8. The number of nitrogens with zero attached hydrogens (tertiary/aromatic N) is 3. The maximum absolute atomic E-state index is 12.7. The SMILES string of the molecule is CCCN(Cc1ncc(-c2ccc(-c3ccc(-c4cnc(C5CCOC/C=C\CCCC(=O)N5)[nH]4)cc3)cc2)[nH]1)C(=O)OC(C)(C)C. The molecule has 248 valence electrons. The number of imidazole rings is 2. The third-order valence-electron chi connectivity index (χ3n) is 7.81. The normalized spacial score (nSPS) is 16.9. The number of ether oxygens (including phenoxy) is 2. The number of aromatic amines is 2. The second-order valence-corrected chi connectivity index (χ2v) is 12.8. The molecular weight excluding hydrogens is 592 g/mol. The van der Waals surface area contributed by atoms with Gasteiger partial charge < -0.3 is 29.7 Å². The van der Waals surface area contributed by atoms with E-state index in [1.807, 2.05) is 40.0 Å². The first-order valence-corrected chi connectivity index (χ1v) is 16.5.